The van der Waals surface area contributed by atoms with Gasteiger partial charge in [0.25, 0.3) is 5.91 Å². The summed E-state index contributed by atoms with van der Waals surface area (Å²) in [4.78, 5) is 27.8. The van der Waals surface area contributed by atoms with Crippen molar-refractivity contribution in [2.45, 2.75) is 84.1 Å². The summed E-state index contributed by atoms with van der Waals surface area (Å²) < 4.78 is 5.01. The molecule has 0 bridgehead atoms. The highest BCUT2D eigenvalue weighted by atomic mass is 16.5. The first kappa shape index (κ1) is 23.0. The van der Waals surface area contributed by atoms with Crippen LogP contribution in [-0.2, 0) is 11.2 Å². The molecular formula is C25H35N3O3. The van der Waals surface area contributed by atoms with Crippen molar-refractivity contribution in [1.29, 1.82) is 0 Å². The highest BCUT2D eigenvalue weighted by molar-refractivity contribution is 5.99. The Kier molecular flexibility index (Phi) is 8.68. The molecule has 168 valence electrons. The molecule has 1 heterocycles. The summed E-state index contributed by atoms with van der Waals surface area (Å²) in [7, 11) is 0. The number of nitrogens with one attached hydrogen (secondary N) is 1. The topological polar surface area (TPSA) is 75.4 Å². The zero-order chi connectivity index (χ0) is 22.1. The third-order valence-corrected chi connectivity index (χ3v) is 6.01. The van der Waals surface area contributed by atoms with Gasteiger partial charge >= 0.3 is 0 Å². The molecule has 1 fully saturated rings. The van der Waals surface area contributed by atoms with Gasteiger partial charge in [-0.05, 0) is 50.3 Å². The van der Waals surface area contributed by atoms with E-state index in [1.165, 1.54) is 37.7 Å². The smallest absolute Gasteiger partial charge is 0.254 e. The van der Waals surface area contributed by atoms with Crippen molar-refractivity contribution >= 4 is 17.6 Å². The van der Waals surface area contributed by atoms with E-state index in [4.69, 9.17) is 4.52 Å². The molecule has 0 aliphatic heterocycles. The largest absolute Gasteiger partial charge is 0.360 e. The van der Waals surface area contributed by atoms with Gasteiger partial charge in [-0.1, -0.05) is 62.7 Å². The van der Waals surface area contributed by atoms with E-state index in [-0.39, 0.29) is 24.4 Å². The average molecular weight is 426 g/mol. The molecule has 0 spiro atoms. The summed E-state index contributed by atoms with van der Waals surface area (Å²) >= 11 is 0. The van der Waals surface area contributed by atoms with Gasteiger partial charge in [-0.25, -0.2) is 0 Å². The van der Waals surface area contributed by atoms with Crippen LogP contribution in [0.5, 0.6) is 0 Å². The van der Waals surface area contributed by atoms with Crippen LogP contribution in [0.15, 0.2) is 34.9 Å². The van der Waals surface area contributed by atoms with Gasteiger partial charge in [-0.15, -0.1) is 0 Å². The Hall–Kier alpha value is -2.63. The highest BCUT2D eigenvalue weighted by Crippen LogP contribution is 2.24. The minimum absolute atomic E-state index is 0.0220. The lowest BCUT2D eigenvalue weighted by Crippen LogP contribution is -2.45. The van der Waals surface area contributed by atoms with E-state index in [9.17, 15) is 9.59 Å². The molecule has 1 aliphatic rings. The molecule has 1 aromatic heterocycles. The molecule has 1 saturated carbocycles. The van der Waals surface area contributed by atoms with E-state index in [1.807, 2.05) is 12.1 Å². The van der Waals surface area contributed by atoms with E-state index < -0.39 is 0 Å². The van der Waals surface area contributed by atoms with Crippen LogP contribution in [0.3, 0.4) is 0 Å². The van der Waals surface area contributed by atoms with Gasteiger partial charge < -0.3 is 14.7 Å². The number of benzene rings is 1. The second-order valence-electron chi connectivity index (χ2n) is 8.60. The molecule has 3 rings (SSSR count). The third kappa shape index (κ3) is 6.94. The molecule has 0 atom stereocenters. The third-order valence-electron chi connectivity index (χ3n) is 6.01. The maximum Gasteiger partial charge on any atom is 0.254 e. The van der Waals surface area contributed by atoms with Gasteiger partial charge in [0.15, 0.2) is 5.82 Å². The highest BCUT2D eigenvalue weighted by Gasteiger charge is 2.28. The molecular weight excluding hydrogens is 390 g/mol. The average Bonchev–Trinajstić information content (AvgIpc) is 3.20. The molecule has 1 aromatic carbocycles. The van der Waals surface area contributed by atoms with Gasteiger partial charge in [-0.3, -0.25) is 9.59 Å². The SMILES string of the molecule is CCCCCCc1ccc(C(=O)N(CC(=O)Nc2cc(C)on2)C2CCCCC2)cc1. The van der Waals surface area contributed by atoms with Crippen molar-refractivity contribution in [2.24, 2.45) is 0 Å². The summed E-state index contributed by atoms with van der Waals surface area (Å²) in [6, 6.07) is 9.69. The van der Waals surface area contributed by atoms with Crippen LogP contribution in [0.25, 0.3) is 0 Å². The molecule has 2 amide bonds. The van der Waals surface area contributed by atoms with Crippen LogP contribution < -0.4 is 5.32 Å². The number of hydrogen-bond acceptors (Lipinski definition) is 4. The van der Waals surface area contributed by atoms with E-state index in [0.29, 0.717) is 17.1 Å². The Labute approximate surface area is 185 Å². The van der Waals surface area contributed by atoms with Crippen molar-refractivity contribution in [2.75, 3.05) is 11.9 Å². The fourth-order valence-electron chi connectivity index (χ4n) is 4.26. The Morgan fingerprint density at radius 2 is 1.84 bits per heavy atom. The maximum absolute atomic E-state index is 13.4. The summed E-state index contributed by atoms with van der Waals surface area (Å²) in [6.07, 6.45) is 11.2. The molecule has 0 unspecified atom stereocenters. The van der Waals surface area contributed by atoms with E-state index in [1.54, 1.807) is 17.9 Å². The molecule has 6 nitrogen and oxygen atoms in total. The normalized spacial score (nSPS) is 14.4. The zero-order valence-electron chi connectivity index (χ0n) is 18.9. The number of rotatable bonds is 10. The Bertz CT molecular complexity index is 838. The lowest BCUT2D eigenvalue weighted by Gasteiger charge is -2.34. The van der Waals surface area contributed by atoms with E-state index >= 15 is 0 Å². The fraction of sp³-hybridized carbons (Fsp3) is 0.560. The number of aryl methyl sites for hydroxylation is 2. The minimum atomic E-state index is -0.250. The predicted molar refractivity (Wildman–Crippen MR) is 122 cm³/mol. The Morgan fingerprint density at radius 1 is 1.10 bits per heavy atom. The second-order valence-corrected chi connectivity index (χ2v) is 8.60. The van der Waals surface area contributed by atoms with Crippen molar-refractivity contribution < 1.29 is 14.1 Å². The van der Waals surface area contributed by atoms with Crippen LogP contribution in [-0.4, -0.2) is 34.5 Å². The Balaban J connectivity index is 1.66. The monoisotopic (exact) mass is 425 g/mol. The summed E-state index contributed by atoms with van der Waals surface area (Å²) in [5, 5.41) is 6.56. The number of carbonyl (C=O) groups is 2. The molecule has 6 heteroatoms. The quantitative estimate of drug-likeness (QED) is 0.509. The first-order valence-corrected chi connectivity index (χ1v) is 11.7. The van der Waals surface area contributed by atoms with Crippen LogP contribution in [0.2, 0.25) is 0 Å². The number of aromatic nitrogens is 1. The van der Waals surface area contributed by atoms with Gasteiger partial charge in [0.05, 0.1) is 0 Å². The Morgan fingerprint density at radius 3 is 2.48 bits per heavy atom. The second kappa shape index (κ2) is 11.7. The summed E-state index contributed by atoms with van der Waals surface area (Å²) in [6.45, 7) is 4.01. The number of amides is 2. The minimum Gasteiger partial charge on any atom is -0.360 e. The van der Waals surface area contributed by atoms with E-state index in [2.05, 4.69) is 29.5 Å². The van der Waals surface area contributed by atoms with E-state index in [0.717, 1.165) is 32.1 Å². The standard InChI is InChI=1S/C25H35N3O3/c1-3-4-5-7-10-20-13-15-21(16-14-20)25(30)28(22-11-8-6-9-12-22)18-24(29)26-23-17-19(2)31-27-23/h13-17,22H,3-12,18H2,1-2H3,(H,26,27,29). The van der Waals surface area contributed by atoms with Crippen LogP contribution in [0.1, 0.15) is 86.4 Å². The zero-order valence-corrected chi connectivity index (χ0v) is 18.9. The first-order valence-electron chi connectivity index (χ1n) is 11.7. The number of nitrogens with zero attached hydrogens (tertiary/aromatic N) is 2. The summed E-state index contributed by atoms with van der Waals surface area (Å²) in [5.74, 6) is 0.687. The number of hydrogen-bond donors (Lipinski definition) is 1. The number of unbranched alkanes of at least 4 members (excludes halogenated alkanes) is 3. The van der Waals surface area contributed by atoms with Gasteiger partial charge in [-0.2, -0.15) is 0 Å². The maximum atomic E-state index is 13.4. The fourth-order valence-corrected chi connectivity index (χ4v) is 4.26. The molecule has 1 aliphatic carbocycles. The number of anilines is 1. The van der Waals surface area contributed by atoms with Gasteiger partial charge in [0.1, 0.15) is 12.3 Å². The lowest BCUT2D eigenvalue weighted by molar-refractivity contribution is -0.117. The lowest BCUT2D eigenvalue weighted by atomic mass is 9.93. The van der Waals surface area contributed by atoms with Crippen molar-refractivity contribution in [1.82, 2.24) is 10.1 Å². The van der Waals surface area contributed by atoms with Crippen LogP contribution >= 0.6 is 0 Å². The van der Waals surface area contributed by atoms with Crippen molar-refractivity contribution in [3.05, 3.63) is 47.2 Å². The molecule has 0 saturated heterocycles. The molecule has 0 radical (unpaired) electrons. The number of carbonyl (C=O) groups excluding carboxylic acids is 2. The summed E-state index contributed by atoms with van der Waals surface area (Å²) in [5.41, 5.74) is 1.91. The predicted octanol–water partition coefficient (Wildman–Crippen LogP) is 5.52. The van der Waals surface area contributed by atoms with Gasteiger partial charge in [0, 0.05) is 17.7 Å². The van der Waals surface area contributed by atoms with Crippen molar-refractivity contribution in [3.63, 3.8) is 0 Å². The first-order chi connectivity index (χ1) is 15.1. The molecule has 1 N–H and O–H groups in total. The molecule has 2 aromatic rings. The van der Waals surface area contributed by atoms with Crippen LogP contribution in [0, 0.1) is 6.92 Å². The van der Waals surface area contributed by atoms with Gasteiger partial charge in [0.2, 0.25) is 5.91 Å². The van der Waals surface area contributed by atoms with Crippen molar-refractivity contribution in [3.8, 4) is 0 Å². The molecule has 31 heavy (non-hydrogen) atoms. The van der Waals surface area contributed by atoms with Crippen LogP contribution in [0.4, 0.5) is 5.82 Å².